The molecule has 0 amide bonds. The molecule has 5 heteroatoms. The first-order chi connectivity index (χ1) is 10.2. The molecule has 0 atom stereocenters. The van der Waals surface area contributed by atoms with Crippen molar-refractivity contribution in [2.24, 2.45) is 0 Å². The molecule has 0 saturated carbocycles. The van der Waals surface area contributed by atoms with Crippen LogP contribution in [0.3, 0.4) is 0 Å². The van der Waals surface area contributed by atoms with E-state index in [1.807, 2.05) is 6.07 Å². The fourth-order valence-electron chi connectivity index (χ4n) is 2.07. The lowest BCUT2D eigenvalue weighted by atomic mass is 10.1. The first-order valence-electron chi connectivity index (χ1n) is 6.87. The average molecular weight is 289 g/mol. The summed E-state index contributed by atoms with van der Waals surface area (Å²) in [4.78, 5) is 11.4. The second kappa shape index (κ2) is 7.61. The topological polar surface area (TPSA) is 71.7 Å². The van der Waals surface area contributed by atoms with Crippen LogP contribution >= 0.6 is 0 Å². The SMILES string of the molecule is C=CCCOCCNCc1oc2ccccc2c1C(=O)O. The van der Waals surface area contributed by atoms with E-state index in [0.717, 1.165) is 6.42 Å². The number of rotatable bonds is 9. The highest BCUT2D eigenvalue weighted by molar-refractivity contribution is 6.03. The first kappa shape index (κ1) is 15.3. The lowest BCUT2D eigenvalue weighted by Gasteiger charge is -2.04. The van der Waals surface area contributed by atoms with Crippen molar-refractivity contribution in [2.45, 2.75) is 13.0 Å². The van der Waals surface area contributed by atoms with Crippen molar-refractivity contribution in [3.05, 3.63) is 48.2 Å². The summed E-state index contributed by atoms with van der Waals surface area (Å²) >= 11 is 0. The Morgan fingerprint density at radius 2 is 2.19 bits per heavy atom. The minimum absolute atomic E-state index is 0.227. The van der Waals surface area contributed by atoms with E-state index in [-0.39, 0.29) is 5.56 Å². The summed E-state index contributed by atoms with van der Waals surface area (Å²) in [6.45, 7) is 5.83. The average Bonchev–Trinajstić information content (AvgIpc) is 2.84. The van der Waals surface area contributed by atoms with Crippen LogP contribution in [-0.2, 0) is 11.3 Å². The van der Waals surface area contributed by atoms with Gasteiger partial charge in [0, 0.05) is 11.9 Å². The smallest absolute Gasteiger partial charge is 0.339 e. The van der Waals surface area contributed by atoms with E-state index >= 15 is 0 Å². The normalized spacial score (nSPS) is 10.9. The van der Waals surface area contributed by atoms with Crippen molar-refractivity contribution in [1.29, 1.82) is 0 Å². The zero-order valence-electron chi connectivity index (χ0n) is 11.8. The summed E-state index contributed by atoms with van der Waals surface area (Å²) in [7, 11) is 0. The highest BCUT2D eigenvalue weighted by Gasteiger charge is 2.19. The molecule has 1 aromatic heterocycles. The number of carboxylic acids is 1. The first-order valence-corrected chi connectivity index (χ1v) is 6.87. The lowest BCUT2D eigenvalue weighted by Crippen LogP contribution is -2.20. The van der Waals surface area contributed by atoms with Gasteiger partial charge in [0.1, 0.15) is 16.9 Å². The Bertz CT molecular complexity index is 618. The number of ether oxygens (including phenoxy) is 1. The van der Waals surface area contributed by atoms with E-state index in [2.05, 4.69) is 11.9 Å². The predicted molar refractivity (Wildman–Crippen MR) is 80.5 cm³/mol. The Balaban J connectivity index is 1.94. The molecule has 0 unspecified atom stereocenters. The van der Waals surface area contributed by atoms with E-state index in [1.54, 1.807) is 24.3 Å². The summed E-state index contributed by atoms with van der Waals surface area (Å²) in [5.41, 5.74) is 0.819. The van der Waals surface area contributed by atoms with Gasteiger partial charge < -0.3 is 19.6 Å². The highest BCUT2D eigenvalue weighted by Crippen LogP contribution is 2.25. The van der Waals surface area contributed by atoms with Gasteiger partial charge in [-0.15, -0.1) is 6.58 Å². The molecule has 0 spiro atoms. The second-order valence-electron chi connectivity index (χ2n) is 4.57. The van der Waals surface area contributed by atoms with Gasteiger partial charge in [-0.1, -0.05) is 24.3 Å². The molecule has 0 radical (unpaired) electrons. The van der Waals surface area contributed by atoms with Crippen LogP contribution in [0.2, 0.25) is 0 Å². The zero-order valence-corrected chi connectivity index (χ0v) is 11.8. The molecule has 0 aliphatic heterocycles. The van der Waals surface area contributed by atoms with Gasteiger partial charge in [0.05, 0.1) is 19.8 Å². The maximum atomic E-state index is 11.4. The second-order valence-corrected chi connectivity index (χ2v) is 4.57. The third kappa shape index (κ3) is 3.93. The molecule has 21 heavy (non-hydrogen) atoms. The van der Waals surface area contributed by atoms with Crippen molar-refractivity contribution in [3.8, 4) is 0 Å². The van der Waals surface area contributed by atoms with Gasteiger partial charge >= 0.3 is 5.97 Å². The molecule has 0 aliphatic rings. The fourth-order valence-corrected chi connectivity index (χ4v) is 2.07. The van der Waals surface area contributed by atoms with Crippen LogP contribution in [-0.4, -0.2) is 30.8 Å². The standard InChI is InChI=1S/C16H19NO4/c1-2-3-9-20-10-8-17-11-14-15(16(18)19)12-6-4-5-7-13(12)21-14/h2,4-7,17H,1,3,8-11H2,(H,18,19). The molecule has 1 aromatic carbocycles. The van der Waals surface area contributed by atoms with Crippen molar-refractivity contribution in [1.82, 2.24) is 5.32 Å². The monoisotopic (exact) mass is 289 g/mol. The Kier molecular flexibility index (Phi) is 5.54. The van der Waals surface area contributed by atoms with Crippen molar-refractivity contribution < 1.29 is 19.1 Å². The van der Waals surface area contributed by atoms with Crippen LogP contribution in [0.5, 0.6) is 0 Å². The van der Waals surface area contributed by atoms with Crippen LogP contribution < -0.4 is 5.32 Å². The van der Waals surface area contributed by atoms with E-state index in [4.69, 9.17) is 9.15 Å². The minimum atomic E-state index is -0.973. The Morgan fingerprint density at radius 1 is 1.38 bits per heavy atom. The minimum Gasteiger partial charge on any atom is -0.478 e. The van der Waals surface area contributed by atoms with E-state index < -0.39 is 5.97 Å². The third-order valence-electron chi connectivity index (χ3n) is 3.06. The van der Waals surface area contributed by atoms with E-state index in [0.29, 0.717) is 43.0 Å². The van der Waals surface area contributed by atoms with Crippen LogP contribution in [0.25, 0.3) is 11.0 Å². The summed E-state index contributed by atoms with van der Waals surface area (Å²) in [6, 6.07) is 7.14. The Morgan fingerprint density at radius 3 is 2.95 bits per heavy atom. The molecule has 0 saturated heterocycles. The van der Waals surface area contributed by atoms with Crippen molar-refractivity contribution in [3.63, 3.8) is 0 Å². The molecule has 0 bridgehead atoms. The fraction of sp³-hybridized carbons (Fsp3) is 0.312. The Labute approximate surface area is 123 Å². The number of fused-ring (bicyclic) bond motifs is 1. The molecule has 2 rings (SSSR count). The molecule has 0 aliphatic carbocycles. The summed E-state index contributed by atoms with van der Waals surface area (Å²) in [5.74, 6) is -0.534. The molecule has 2 aromatic rings. The molecular weight excluding hydrogens is 270 g/mol. The van der Waals surface area contributed by atoms with Gasteiger partial charge in [-0.3, -0.25) is 0 Å². The highest BCUT2D eigenvalue weighted by atomic mass is 16.5. The van der Waals surface area contributed by atoms with E-state index in [1.165, 1.54) is 0 Å². The van der Waals surface area contributed by atoms with Crippen molar-refractivity contribution >= 4 is 16.9 Å². The molecule has 112 valence electrons. The maximum absolute atomic E-state index is 11.4. The molecule has 1 heterocycles. The predicted octanol–water partition coefficient (Wildman–Crippen LogP) is 2.81. The van der Waals surface area contributed by atoms with Crippen molar-refractivity contribution in [2.75, 3.05) is 19.8 Å². The number of hydrogen-bond donors (Lipinski definition) is 2. The quantitative estimate of drug-likeness (QED) is 0.548. The molecule has 0 fully saturated rings. The number of carbonyl (C=O) groups is 1. The number of aromatic carboxylic acids is 1. The third-order valence-corrected chi connectivity index (χ3v) is 3.06. The van der Waals surface area contributed by atoms with Gasteiger partial charge in [-0.25, -0.2) is 4.79 Å². The zero-order chi connectivity index (χ0) is 15.1. The van der Waals surface area contributed by atoms with Crippen LogP contribution in [0.4, 0.5) is 0 Å². The van der Waals surface area contributed by atoms with Crippen LogP contribution in [0.15, 0.2) is 41.3 Å². The molecule has 5 nitrogen and oxygen atoms in total. The van der Waals surface area contributed by atoms with Gasteiger partial charge in [0.15, 0.2) is 0 Å². The number of para-hydroxylation sites is 1. The number of nitrogens with one attached hydrogen (secondary N) is 1. The van der Waals surface area contributed by atoms with Crippen LogP contribution in [0.1, 0.15) is 22.5 Å². The van der Waals surface area contributed by atoms with E-state index in [9.17, 15) is 9.90 Å². The lowest BCUT2D eigenvalue weighted by molar-refractivity contribution is 0.0696. The largest absolute Gasteiger partial charge is 0.478 e. The number of carboxylic acid groups (broad SMARTS) is 1. The van der Waals surface area contributed by atoms with Gasteiger partial charge in [-0.2, -0.15) is 0 Å². The number of furan rings is 1. The molecule has 2 N–H and O–H groups in total. The van der Waals surface area contributed by atoms with Crippen LogP contribution in [0, 0.1) is 0 Å². The summed E-state index contributed by atoms with van der Waals surface area (Å²) in [6.07, 6.45) is 2.63. The van der Waals surface area contributed by atoms with Gasteiger partial charge in [0.2, 0.25) is 0 Å². The summed E-state index contributed by atoms with van der Waals surface area (Å²) in [5, 5.41) is 13.1. The van der Waals surface area contributed by atoms with Gasteiger partial charge in [0.25, 0.3) is 0 Å². The molecular formula is C16H19NO4. The number of benzene rings is 1. The van der Waals surface area contributed by atoms with Gasteiger partial charge in [-0.05, 0) is 12.5 Å². The maximum Gasteiger partial charge on any atom is 0.339 e. The summed E-state index contributed by atoms with van der Waals surface area (Å²) < 4.78 is 11.0. The Hall–Kier alpha value is -2.11. The number of hydrogen-bond acceptors (Lipinski definition) is 4.